The van der Waals surface area contributed by atoms with Gasteiger partial charge in [0, 0.05) is 30.7 Å². The number of nitrogens with one attached hydrogen (secondary N) is 2. The van der Waals surface area contributed by atoms with Crippen LogP contribution in [-0.2, 0) is 13.0 Å². The fourth-order valence-electron chi connectivity index (χ4n) is 2.88. The van der Waals surface area contributed by atoms with Crippen molar-refractivity contribution >= 4 is 17.6 Å². The van der Waals surface area contributed by atoms with Gasteiger partial charge in [-0.05, 0) is 36.2 Å². The molecule has 2 N–H and O–H groups in total. The molecule has 2 rings (SSSR count). The van der Waals surface area contributed by atoms with Crippen molar-refractivity contribution in [3.8, 4) is 23.0 Å². The van der Waals surface area contributed by atoms with Crippen LogP contribution in [0.25, 0.3) is 0 Å². The average Bonchev–Trinajstić information content (AvgIpc) is 2.75. The Bertz CT molecular complexity index is 843. The van der Waals surface area contributed by atoms with Gasteiger partial charge < -0.3 is 29.6 Å². The van der Waals surface area contributed by atoms with E-state index in [0.717, 1.165) is 23.3 Å². The SMILES string of the molecule is CN=C(NCCc1ccc(OC)cc1Cl)NCc1ccc(OC)c(OC)c1OC. The summed E-state index contributed by atoms with van der Waals surface area (Å²) in [6, 6.07) is 9.45. The van der Waals surface area contributed by atoms with Crippen molar-refractivity contribution in [3.05, 3.63) is 46.5 Å². The molecule has 0 aliphatic carbocycles. The molecule has 0 saturated heterocycles. The maximum atomic E-state index is 6.30. The Morgan fingerprint density at radius 3 is 2.21 bits per heavy atom. The molecule has 0 heterocycles. The largest absolute Gasteiger partial charge is 0.497 e. The van der Waals surface area contributed by atoms with E-state index in [1.165, 1.54) is 0 Å². The van der Waals surface area contributed by atoms with Gasteiger partial charge in [0.2, 0.25) is 5.75 Å². The highest BCUT2D eigenvalue weighted by Gasteiger charge is 2.15. The molecule has 0 aliphatic heterocycles. The highest BCUT2D eigenvalue weighted by Crippen LogP contribution is 2.39. The summed E-state index contributed by atoms with van der Waals surface area (Å²) in [6.07, 6.45) is 0.753. The molecule has 8 heteroatoms. The summed E-state index contributed by atoms with van der Waals surface area (Å²) >= 11 is 6.30. The Hall–Kier alpha value is -2.80. The van der Waals surface area contributed by atoms with E-state index in [0.29, 0.717) is 41.3 Å². The van der Waals surface area contributed by atoms with E-state index in [9.17, 15) is 0 Å². The lowest BCUT2D eigenvalue weighted by Gasteiger charge is -2.17. The van der Waals surface area contributed by atoms with Gasteiger partial charge in [-0.2, -0.15) is 0 Å². The Morgan fingerprint density at radius 2 is 1.62 bits per heavy atom. The molecule has 7 nitrogen and oxygen atoms in total. The molecular formula is C21H28ClN3O4. The molecule has 29 heavy (non-hydrogen) atoms. The third-order valence-corrected chi connectivity index (χ3v) is 4.75. The zero-order chi connectivity index (χ0) is 21.2. The molecule has 0 spiro atoms. The van der Waals surface area contributed by atoms with E-state index in [4.69, 9.17) is 30.5 Å². The zero-order valence-corrected chi connectivity index (χ0v) is 18.2. The zero-order valence-electron chi connectivity index (χ0n) is 17.5. The van der Waals surface area contributed by atoms with Crippen molar-refractivity contribution in [1.29, 1.82) is 0 Å². The Balaban J connectivity index is 1.96. The number of nitrogens with zero attached hydrogens (tertiary/aromatic N) is 1. The molecule has 2 aromatic carbocycles. The molecule has 0 atom stereocenters. The number of hydrogen-bond acceptors (Lipinski definition) is 5. The molecule has 0 bridgehead atoms. The maximum Gasteiger partial charge on any atom is 0.203 e. The number of guanidine groups is 1. The van der Waals surface area contributed by atoms with Crippen LogP contribution in [0.15, 0.2) is 35.3 Å². The molecule has 0 radical (unpaired) electrons. The highest BCUT2D eigenvalue weighted by atomic mass is 35.5. The van der Waals surface area contributed by atoms with Crippen LogP contribution in [0.4, 0.5) is 0 Å². The minimum absolute atomic E-state index is 0.506. The van der Waals surface area contributed by atoms with Gasteiger partial charge >= 0.3 is 0 Å². The summed E-state index contributed by atoms with van der Waals surface area (Å²) in [7, 11) is 8.13. The molecule has 0 aromatic heterocycles. The number of halogens is 1. The third-order valence-electron chi connectivity index (χ3n) is 4.40. The molecule has 0 unspecified atom stereocenters. The summed E-state index contributed by atoms with van der Waals surface area (Å²) in [6.45, 7) is 1.18. The van der Waals surface area contributed by atoms with Gasteiger partial charge in [-0.3, -0.25) is 4.99 Å². The summed E-state index contributed by atoms with van der Waals surface area (Å²) in [5.41, 5.74) is 1.96. The fraction of sp³-hybridized carbons (Fsp3) is 0.381. The molecule has 0 amide bonds. The fourth-order valence-corrected chi connectivity index (χ4v) is 3.14. The van der Waals surface area contributed by atoms with E-state index >= 15 is 0 Å². The summed E-state index contributed by atoms with van der Waals surface area (Å²) in [5.74, 6) is 3.22. The number of hydrogen-bond donors (Lipinski definition) is 2. The first-order valence-electron chi connectivity index (χ1n) is 9.12. The lowest BCUT2D eigenvalue weighted by atomic mass is 10.1. The van der Waals surface area contributed by atoms with Gasteiger partial charge in [0.1, 0.15) is 5.75 Å². The van der Waals surface area contributed by atoms with Crippen molar-refractivity contribution < 1.29 is 18.9 Å². The Morgan fingerprint density at radius 1 is 0.897 bits per heavy atom. The van der Waals surface area contributed by atoms with Crippen LogP contribution >= 0.6 is 11.6 Å². The molecule has 2 aromatic rings. The molecule has 0 saturated carbocycles. The van der Waals surface area contributed by atoms with Crippen LogP contribution in [0, 0.1) is 0 Å². The van der Waals surface area contributed by atoms with Crippen LogP contribution < -0.4 is 29.6 Å². The van der Waals surface area contributed by atoms with E-state index in [1.807, 2.05) is 30.3 Å². The first-order chi connectivity index (χ1) is 14.1. The average molecular weight is 422 g/mol. The quantitative estimate of drug-likeness (QED) is 0.478. The van der Waals surface area contributed by atoms with Crippen molar-refractivity contribution in [2.45, 2.75) is 13.0 Å². The van der Waals surface area contributed by atoms with Gasteiger partial charge in [-0.25, -0.2) is 0 Å². The molecule has 0 fully saturated rings. The van der Waals surface area contributed by atoms with Crippen molar-refractivity contribution in [2.75, 3.05) is 42.0 Å². The summed E-state index contributed by atoms with van der Waals surface area (Å²) in [5, 5.41) is 7.25. The number of aliphatic imine (C=N–C) groups is 1. The van der Waals surface area contributed by atoms with Crippen LogP contribution in [-0.4, -0.2) is 48.0 Å². The second-order valence-corrected chi connectivity index (χ2v) is 6.46. The van der Waals surface area contributed by atoms with Crippen LogP contribution in [0.1, 0.15) is 11.1 Å². The summed E-state index contributed by atoms with van der Waals surface area (Å²) < 4.78 is 21.4. The van der Waals surface area contributed by atoms with E-state index in [-0.39, 0.29) is 0 Å². The van der Waals surface area contributed by atoms with E-state index < -0.39 is 0 Å². The summed E-state index contributed by atoms with van der Waals surface area (Å²) in [4.78, 5) is 4.26. The highest BCUT2D eigenvalue weighted by molar-refractivity contribution is 6.31. The number of benzene rings is 2. The van der Waals surface area contributed by atoms with E-state index in [2.05, 4.69) is 15.6 Å². The lowest BCUT2D eigenvalue weighted by molar-refractivity contribution is 0.322. The van der Waals surface area contributed by atoms with E-state index in [1.54, 1.807) is 35.5 Å². The number of rotatable bonds is 9. The van der Waals surface area contributed by atoms with Gasteiger partial charge in [-0.1, -0.05) is 17.7 Å². The Kier molecular flexibility index (Phi) is 8.73. The molecule has 158 valence electrons. The van der Waals surface area contributed by atoms with Crippen LogP contribution in [0.5, 0.6) is 23.0 Å². The number of ether oxygens (including phenoxy) is 4. The number of methoxy groups -OCH3 is 4. The van der Waals surface area contributed by atoms with Gasteiger partial charge in [0.15, 0.2) is 17.5 Å². The van der Waals surface area contributed by atoms with Crippen molar-refractivity contribution in [3.63, 3.8) is 0 Å². The maximum absolute atomic E-state index is 6.30. The second kappa shape index (κ2) is 11.3. The van der Waals surface area contributed by atoms with Crippen LogP contribution in [0.3, 0.4) is 0 Å². The van der Waals surface area contributed by atoms with Crippen molar-refractivity contribution in [1.82, 2.24) is 10.6 Å². The molecular weight excluding hydrogens is 394 g/mol. The Labute approximate surface area is 177 Å². The third kappa shape index (κ3) is 5.84. The standard InChI is InChI=1S/C21H28ClN3O4/c1-23-21(24-11-10-14-6-8-16(26-2)12-17(14)22)25-13-15-7-9-18(27-3)20(29-5)19(15)28-4/h6-9,12H,10-11,13H2,1-5H3,(H2,23,24,25). The minimum atomic E-state index is 0.506. The molecule has 0 aliphatic rings. The first kappa shape index (κ1) is 22.5. The van der Waals surface area contributed by atoms with Gasteiger partial charge in [0.25, 0.3) is 0 Å². The van der Waals surface area contributed by atoms with Crippen molar-refractivity contribution in [2.24, 2.45) is 4.99 Å². The van der Waals surface area contributed by atoms with Gasteiger partial charge in [0.05, 0.1) is 28.4 Å². The smallest absolute Gasteiger partial charge is 0.203 e. The minimum Gasteiger partial charge on any atom is -0.497 e. The van der Waals surface area contributed by atoms with Crippen LogP contribution in [0.2, 0.25) is 5.02 Å². The second-order valence-electron chi connectivity index (χ2n) is 6.05. The normalized spacial score (nSPS) is 11.0. The monoisotopic (exact) mass is 421 g/mol. The predicted octanol–water partition coefficient (Wildman–Crippen LogP) is 3.28. The lowest BCUT2D eigenvalue weighted by Crippen LogP contribution is -2.38. The van der Waals surface area contributed by atoms with Gasteiger partial charge in [-0.15, -0.1) is 0 Å². The first-order valence-corrected chi connectivity index (χ1v) is 9.50. The predicted molar refractivity (Wildman–Crippen MR) is 116 cm³/mol. The topological polar surface area (TPSA) is 73.3 Å².